The Bertz CT molecular complexity index is 921. The third kappa shape index (κ3) is 3.64. The van der Waals surface area contributed by atoms with Crippen molar-refractivity contribution in [3.63, 3.8) is 0 Å². The van der Waals surface area contributed by atoms with Crippen molar-refractivity contribution >= 4 is 23.8 Å². The zero-order valence-electron chi connectivity index (χ0n) is 14.1. The molecule has 3 aromatic rings. The van der Waals surface area contributed by atoms with E-state index < -0.39 is 13.4 Å². The van der Waals surface area contributed by atoms with Crippen LogP contribution >= 0.6 is 7.60 Å². The molecule has 0 unspecified atom stereocenters. The van der Waals surface area contributed by atoms with Crippen LogP contribution in [0, 0.1) is 5.82 Å². The number of rotatable bonds is 6. The topological polar surface area (TPSA) is 48.4 Å². The first-order chi connectivity index (χ1) is 12.1. The molecule has 0 saturated heterocycles. The summed E-state index contributed by atoms with van der Waals surface area (Å²) in [7, 11) is -3.66. The molecule has 25 heavy (non-hydrogen) atoms. The Morgan fingerprint density at radius 3 is 2.32 bits per heavy atom. The summed E-state index contributed by atoms with van der Waals surface area (Å²) in [6, 6.07) is 15.7. The Kier molecular flexibility index (Phi) is 5.28. The zero-order valence-corrected chi connectivity index (χ0v) is 15.0. The van der Waals surface area contributed by atoms with Crippen LogP contribution in [-0.2, 0) is 13.6 Å². The molecule has 1 aromatic heterocycles. The fraction of sp³-hybridized carbons (Fsp3) is 0.211. The molecule has 0 amide bonds. The molecule has 0 radical (unpaired) electrons. The molecule has 3 rings (SSSR count). The average Bonchev–Trinajstić information content (AvgIpc) is 2.62. The van der Waals surface area contributed by atoms with Gasteiger partial charge in [0.1, 0.15) is 5.82 Å². The van der Waals surface area contributed by atoms with Gasteiger partial charge in [-0.05, 0) is 37.4 Å². The molecule has 0 fully saturated rings. The maximum Gasteiger partial charge on any atom is 0.380 e. The number of fused-ring (bicyclic) bond motifs is 1. The van der Waals surface area contributed by atoms with Crippen molar-refractivity contribution in [2.75, 3.05) is 13.2 Å². The molecule has 0 aliphatic rings. The van der Waals surface area contributed by atoms with Crippen LogP contribution in [-0.4, -0.2) is 18.2 Å². The van der Waals surface area contributed by atoms with E-state index in [0.29, 0.717) is 11.1 Å². The highest BCUT2D eigenvalue weighted by Gasteiger charge is 2.31. The van der Waals surface area contributed by atoms with Crippen molar-refractivity contribution in [2.45, 2.75) is 13.8 Å². The molecular formula is C19H19FNO3P. The first-order valence-corrected chi connectivity index (χ1v) is 9.67. The third-order valence-electron chi connectivity index (χ3n) is 3.70. The highest BCUT2D eigenvalue weighted by molar-refractivity contribution is 7.62. The van der Waals surface area contributed by atoms with Crippen molar-refractivity contribution in [2.24, 2.45) is 0 Å². The van der Waals surface area contributed by atoms with Crippen LogP contribution in [0.5, 0.6) is 0 Å². The van der Waals surface area contributed by atoms with Crippen molar-refractivity contribution in [1.82, 2.24) is 4.98 Å². The van der Waals surface area contributed by atoms with E-state index in [-0.39, 0.29) is 18.6 Å². The van der Waals surface area contributed by atoms with Gasteiger partial charge >= 0.3 is 7.60 Å². The van der Waals surface area contributed by atoms with Crippen LogP contribution in [0.25, 0.3) is 22.0 Å². The SMILES string of the molecule is CCOP(=O)(OCC)c1nc(-c2ccccc2)cc2ccc(F)cc12. The number of hydrogen-bond acceptors (Lipinski definition) is 4. The van der Waals surface area contributed by atoms with Gasteiger partial charge in [0, 0.05) is 10.9 Å². The zero-order chi connectivity index (χ0) is 17.9. The number of aromatic nitrogens is 1. The molecule has 0 aliphatic carbocycles. The van der Waals surface area contributed by atoms with Gasteiger partial charge in [-0.15, -0.1) is 0 Å². The van der Waals surface area contributed by atoms with Gasteiger partial charge in [-0.2, -0.15) is 0 Å². The molecular weight excluding hydrogens is 340 g/mol. The lowest BCUT2D eigenvalue weighted by Gasteiger charge is -2.19. The van der Waals surface area contributed by atoms with E-state index in [1.165, 1.54) is 12.1 Å². The van der Waals surface area contributed by atoms with Gasteiger partial charge in [0.25, 0.3) is 0 Å². The van der Waals surface area contributed by atoms with Crippen LogP contribution in [0.1, 0.15) is 13.8 Å². The van der Waals surface area contributed by atoms with Gasteiger partial charge in [0.05, 0.1) is 18.9 Å². The van der Waals surface area contributed by atoms with E-state index >= 15 is 0 Å². The van der Waals surface area contributed by atoms with Gasteiger partial charge in [-0.3, -0.25) is 4.57 Å². The van der Waals surface area contributed by atoms with Crippen LogP contribution in [0.2, 0.25) is 0 Å². The van der Waals surface area contributed by atoms with Crippen molar-refractivity contribution in [3.05, 3.63) is 60.4 Å². The molecule has 1 heterocycles. The van der Waals surface area contributed by atoms with Gasteiger partial charge in [0.2, 0.25) is 0 Å². The maximum atomic E-state index is 13.8. The summed E-state index contributed by atoms with van der Waals surface area (Å²) in [5.74, 6) is -0.428. The first-order valence-electron chi connectivity index (χ1n) is 8.13. The summed E-state index contributed by atoms with van der Waals surface area (Å²) in [5, 5.41) is 1.16. The van der Waals surface area contributed by atoms with Crippen molar-refractivity contribution < 1.29 is 18.0 Å². The standard InChI is InChI=1S/C19H19FNO3P/c1-3-23-25(22,24-4-2)19-17-13-16(20)11-10-15(17)12-18(21-19)14-8-6-5-7-9-14/h5-13H,3-4H2,1-2H3. The lowest BCUT2D eigenvalue weighted by Crippen LogP contribution is -2.16. The quantitative estimate of drug-likeness (QED) is 0.586. The van der Waals surface area contributed by atoms with Gasteiger partial charge in [-0.25, -0.2) is 9.37 Å². The fourth-order valence-corrected chi connectivity index (χ4v) is 4.38. The van der Waals surface area contributed by atoms with Crippen LogP contribution in [0.4, 0.5) is 4.39 Å². The second-order valence-electron chi connectivity index (χ2n) is 5.40. The minimum absolute atomic E-state index is 0.145. The predicted octanol–water partition coefficient (Wildman–Crippen LogP) is 4.93. The number of hydrogen-bond donors (Lipinski definition) is 0. The minimum atomic E-state index is -3.66. The molecule has 0 aliphatic heterocycles. The summed E-state index contributed by atoms with van der Waals surface area (Å²) in [4.78, 5) is 4.54. The maximum absolute atomic E-state index is 13.8. The molecule has 0 atom stereocenters. The number of benzene rings is 2. The number of halogens is 1. The molecule has 0 spiro atoms. The molecule has 0 bridgehead atoms. The van der Waals surface area contributed by atoms with Gasteiger partial charge in [0.15, 0.2) is 5.44 Å². The van der Waals surface area contributed by atoms with Gasteiger partial charge in [-0.1, -0.05) is 36.4 Å². The summed E-state index contributed by atoms with van der Waals surface area (Å²) < 4.78 is 38.0. The smallest absolute Gasteiger partial charge is 0.304 e. The van der Waals surface area contributed by atoms with E-state index in [9.17, 15) is 8.96 Å². The monoisotopic (exact) mass is 359 g/mol. The molecule has 2 aromatic carbocycles. The number of pyridine rings is 1. The Morgan fingerprint density at radius 2 is 1.68 bits per heavy atom. The van der Waals surface area contributed by atoms with E-state index in [2.05, 4.69) is 4.98 Å². The summed E-state index contributed by atoms with van der Waals surface area (Å²) in [5.41, 5.74) is 1.65. The van der Waals surface area contributed by atoms with E-state index in [4.69, 9.17) is 9.05 Å². The van der Waals surface area contributed by atoms with E-state index in [1.807, 2.05) is 36.4 Å². The van der Waals surface area contributed by atoms with E-state index in [0.717, 1.165) is 10.9 Å². The number of nitrogens with zero attached hydrogens (tertiary/aromatic N) is 1. The first kappa shape index (κ1) is 17.7. The molecule has 130 valence electrons. The molecule has 0 N–H and O–H groups in total. The van der Waals surface area contributed by atoms with E-state index in [1.54, 1.807) is 19.9 Å². The lowest BCUT2D eigenvalue weighted by molar-refractivity contribution is 0.229. The predicted molar refractivity (Wildman–Crippen MR) is 97.6 cm³/mol. The Hall–Kier alpha value is -2.07. The second-order valence-corrected chi connectivity index (χ2v) is 7.33. The molecule has 4 nitrogen and oxygen atoms in total. The average molecular weight is 359 g/mol. The summed E-state index contributed by atoms with van der Waals surface area (Å²) >= 11 is 0. The Labute approximate surface area is 146 Å². The summed E-state index contributed by atoms with van der Waals surface area (Å²) in [6.07, 6.45) is 0. The lowest BCUT2D eigenvalue weighted by atomic mass is 10.1. The van der Waals surface area contributed by atoms with Crippen LogP contribution < -0.4 is 5.44 Å². The molecule has 6 heteroatoms. The van der Waals surface area contributed by atoms with Crippen molar-refractivity contribution in [1.29, 1.82) is 0 Å². The van der Waals surface area contributed by atoms with Crippen LogP contribution in [0.15, 0.2) is 54.6 Å². The highest BCUT2D eigenvalue weighted by atomic mass is 31.2. The Balaban J connectivity index is 2.30. The second kappa shape index (κ2) is 7.44. The Morgan fingerprint density at radius 1 is 1.00 bits per heavy atom. The highest BCUT2D eigenvalue weighted by Crippen LogP contribution is 2.48. The van der Waals surface area contributed by atoms with Crippen molar-refractivity contribution in [3.8, 4) is 11.3 Å². The fourth-order valence-electron chi connectivity index (χ4n) is 2.67. The van der Waals surface area contributed by atoms with Gasteiger partial charge < -0.3 is 9.05 Å². The normalized spacial score (nSPS) is 11.8. The third-order valence-corrected chi connectivity index (χ3v) is 5.76. The largest absolute Gasteiger partial charge is 0.380 e. The minimum Gasteiger partial charge on any atom is -0.304 e. The van der Waals surface area contributed by atoms with Crippen LogP contribution in [0.3, 0.4) is 0 Å². The molecule has 0 saturated carbocycles. The summed E-state index contributed by atoms with van der Waals surface area (Å²) in [6.45, 7) is 3.86.